The second-order valence-electron chi connectivity index (χ2n) is 4.40. The average molecular weight is 313 g/mol. The first kappa shape index (κ1) is 15.3. The van der Waals surface area contributed by atoms with Gasteiger partial charge in [0.2, 0.25) is 0 Å². The number of rotatable bonds is 4. The van der Waals surface area contributed by atoms with Crippen LogP contribution in [-0.4, -0.2) is 13.4 Å². The van der Waals surface area contributed by atoms with E-state index >= 15 is 0 Å². The Morgan fingerprint density at radius 2 is 2.00 bits per heavy atom. The summed E-state index contributed by atoms with van der Waals surface area (Å²) < 4.78 is 53.9. The molecule has 2 aromatic rings. The maximum atomic E-state index is 14.1. The van der Waals surface area contributed by atoms with Crippen molar-refractivity contribution in [3.8, 4) is 0 Å². The lowest BCUT2D eigenvalue weighted by Gasteiger charge is -2.11. The highest BCUT2D eigenvalue weighted by molar-refractivity contribution is 7.92. The van der Waals surface area contributed by atoms with Gasteiger partial charge in [-0.3, -0.25) is 9.71 Å². The summed E-state index contributed by atoms with van der Waals surface area (Å²) >= 11 is 0. The van der Waals surface area contributed by atoms with Crippen LogP contribution < -0.4 is 10.5 Å². The van der Waals surface area contributed by atoms with Crippen molar-refractivity contribution in [3.05, 3.63) is 53.4 Å². The first-order valence-corrected chi connectivity index (χ1v) is 7.45. The van der Waals surface area contributed by atoms with Crippen LogP contribution in [0.5, 0.6) is 0 Å². The molecule has 1 aromatic heterocycles. The zero-order valence-corrected chi connectivity index (χ0v) is 11.9. The molecule has 0 saturated carbocycles. The Morgan fingerprint density at radius 1 is 1.29 bits per heavy atom. The van der Waals surface area contributed by atoms with Gasteiger partial charge in [-0.1, -0.05) is 0 Å². The van der Waals surface area contributed by atoms with Crippen LogP contribution in [0, 0.1) is 18.6 Å². The van der Waals surface area contributed by atoms with Crippen molar-refractivity contribution < 1.29 is 17.2 Å². The number of benzene rings is 1. The zero-order valence-electron chi connectivity index (χ0n) is 11.1. The second kappa shape index (κ2) is 5.74. The van der Waals surface area contributed by atoms with Gasteiger partial charge < -0.3 is 5.73 Å². The number of aromatic nitrogens is 1. The van der Waals surface area contributed by atoms with Gasteiger partial charge in [-0.05, 0) is 30.7 Å². The minimum Gasteiger partial charge on any atom is -0.326 e. The number of sulfonamides is 1. The summed E-state index contributed by atoms with van der Waals surface area (Å²) in [6, 6.07) is 3.26. The van der Waals surface area contributed by atoms with Crippen LogP contribution in [-0.2, 0) is 16.6 Å². The van der Waals surface area contributed by atoms with Gasteiger partial charge in [0.15, 0.2) is 5.82 Å². The standard InChI is InChI=1S/C13H13F2N3O2S/c1-8-4-9(7-17-6-8)18-21(19,20)12-3-2-11(14)10(5-16)13(12)15/h2-4,6-7,18H,5,16H2,1H3. The molecule has 1 heterocycles. The van der Waals surface area contributed by atoms with E-state index in [4.69, 9.17) is 5.73 Å². The molecule has 0 amide bonds. The third-order valence-corrected chi connectivity index (χ3v) is 4.17. The molecule has 0 bridgehead atoms. The van der Waals surface area contributed by atoms with Crippen LogP contribution in [0.15, 0.2) is 35.5 Å². The van der Waals surface area contributed by atoms with Gasteiger partial charge in [0.25, 0.3) is 10.0 Å². The molecule has 1 aromatic carbocycles. The number of nitrogens with two attached hydrogens (primary N) is 1. The third-order valence-electron chi connectivity index (χ3n) is 2.77. The molecule has 0 aliphatic rings. The number of halogens is 2. The molecule has 0 radical (unpaired) electrons. The number of pyridine rings is 1. The summed E-state index contributed by atoms with van der Waals surface area (Å²) in [6.07, 6.45) is 2.83. The van der Waals surface area contributed by atoms with E-state index in [0.29, 0.717) is 0 Å². The Kier molecular flexibility index (Phi) is 4.19. The average Bonchev–Trinajstić information content (AvgIpc) is 2.38. The van der Waals surface area contributed by atoms with E-state index in [2.05, 4.69) is 9.71 Å². The van der Waals surface area contributed by atoms with Gasteiger partial charge in [-0.2, -0.15) is 0 Å². The van der Waals surface area contributed by atoms with Crippen molar-refractivity contribution >= 4 is 15.7 Å². The molecule has 0 aliphatic carbocycles. The third kappa shape index (κ3) is 3.17. The summed E-state index contributed by atoms with van der Waals surface area (Å²) in [5.41, 5.74) is 5.68. The largest absolute Gasteiger partial charge is 0.326 e. The van der Waals surface area contributed by atoms with E-state index in [0.717, 1.165) is 17.7 Å². The molecule has 0 unspecified atom stereocenters. The number of aryl methyl sites for hydroxylation is 1. The van der Waals surface area contributed by atoms with Gasteiger partial charge in [-0.25, -0.2) is 17.2 Å². The van der Waals surface area contributed by atoms with Gasteiger partial charge in [0.05, 0.1) is 11.9 Å². The Labute approximate surface area is 120 Å². The zero-order chi connectivity index (χ0) is 15.6. The molecule has 0 atom stereocenters. The number of nitrogens with zero attached hydrogens (tertiary/aromatic N) is 1. The number of hydrogen-bond acceptors (Lipinski definition) is 4. The van der Waals surface area contributed by atoms with E-state index in [1.165, 1.54) is 12.3 Å². The van der Waals surface area contributed by atoms with Crippen LogP contribution >= 0.6 is 0 Å². The maximum absolute atomic E-state index is 14.1. The van der Waals surface area contributed by atoms with E-state index in [1.807, 2.05) is 0 Å². The maximum Gasteiger partial charge on any atom is 0.264 e. The predicted octanol–water partition coefficient (Wildman–Crippen LogP) is 1.93. The summed E-state index contributed by atoms with van der Waals surface area (Å²) in [6.45, 7) is 1.29. The fourth-order valence-electron chi connectivity index (χ4n) is 1.79. The van der Waals surface area contributed by atoms with Crippen molar-refractivity contribution in [2.45, 2.75) is 18.4 Å². The van der Waals surface area contributed by atoms with Crippen LogP contribution in [0.25, 0.3) is 0 Å². The molecule has 0 aliphatic heterocycles. The molecule has 0 spiro atoms. The summed E-state index contributed by atoms with van der Waals surface area (Å²) in [7, 11) is -4.20. The smallest absolute Gasteiger partial charge is 0.264 e. The van der Waals surface area contributed by atoms with E-state index < -0.39 is 38.7 Å². The molecular weight excluding hydrogens is 300 g/mol. The lowest BCUT2D eigenvalue weighted by molar-refractivity contribution is 0.530. The fourth-order valence-corrected chi connectivity index (χ4v) is 2.93. The van der Waals surface area contributed by atoms with Gasteiger partial charge in [0.1, 0.15) is 10.7 Å². The van der Waals surface area contributed by atoms with Crippen LogP contribution in [0.4, 0.5) is 14.5 Å². The number of hydrogen-bond donors (Lipinski definition) is 2. The molecule has 5 nitrogen and oxygen atoms in total. The second-order valence-corrected chi connectivity index (χ2v) is 6.05. The molecule has 2 rings (SSSR count). The topological polar surface area (TPSA) is 85.1 Å². The Balaban J connectivity index is 2.45. The van der Waals surface area contributed by atoms with Gasteiger partial charge in [0, 0.05) is 18.3 Å². The minimum atomic E-state index is -4.20. The Bertz CT molecular complexity index is 779. The lowest BCUT2D eigenvalue weighted by Crippen LogP contribution is -2.17. The summed E-state index contributed by atoms with van der Waals surface area (Å²) in [4.78, 5) is 3.17. The Morgan fingerprint density at radius 3 is 2.62 bits per heavy atom. The summed E-state index contributed by atoms with van der Waals surface area (Å²) in [5, 5.41) is 0. The highest BCUT2D eigenvalue weighted by atomic mass is 32.2. The van der Waals surface area contributed by atoms with Crippen molar-refractivity contribution in [3.63, 3.8) is 0 Å². The lowest BCUT2D eigenvalue weighted by atomic mass is 10.2. The monoisotopic (exact) mass is 313 g/mol. The highest BCUT2D eigenvalue weighted by Crippen LogP contribution is 2.23. The first-order chi connectivity index (χ1) is 9.85. The minimum absolute atomic E-state index is 0.188. The molecular formula is C13H13F2N3O2S. The highest BCUT2D eigenvalue weighted by Gasteiger charge is 2.23. The van der Waals surface area contributed by atoms with Crippen LogP contribution in [0.1, 0.15) is 11.1 Å². The van der Waals surface area contributed by atoms with Crippen molar-refractivity contribution in [2.75, 3.05) is 4.72 Å². The quantitative estimate of drug-likeness (QED) is 0.903. The molecule has 112 valence electrons. The molecule has 8 heteroatoms. The van der Waals surface area contributed by atoms with E-state index in [9.17, 15) is 17.2 Å². The normalized spacial score (nSPS) is 11.4. The van der Waals surface area contributed by atoms with E-state index in [1.54, 1.807) is 13.1 Å². The first-order valence-electron chi connectivity index (χ1n) is 5.96. The van der Waals surface area contributed by atoms with Crippen molar-refractivity contribution in [2.24, 2.45) is 5.73 Å². The van der Waals surface area contributed by atoms with Crippen molar-refractivity contribution in [1.29, 1.82) is 0 Å². The van der Waals surface area contributed by atoms with Crippen molar-refractivity contribution in [1.82, 2.24) is 4.98 Å². The molecule has 21 heavy (non-hydrogen) atoms. The molecule has 3 N–H and O–H groups in total. The molecule has 0 saturated heterocycles. The van der Waals surface area contributed by atoms with Crippen LogP contribution in [0.2, 0.25) is 0 Å². The summed E-state index contributed by atoms with van der Waals surface area (Å²) in [5.74, 6) is -2.07. The molecule has 0 fully saturated rings. The predicted molar refractivity (Wildman–Crippen MR) is 74.0 cm³/mol. The number of nitrogens with one attached hydrogen (secondary N) is 1. The number of anilines is 1. The van der Waals surface area contributed by atoms with Gasteiger partial charge in [-0.15, -0.1) is 0 Å². The van der Waals surface area contributed by atoms with E-state index in [-0.39, 0.29) is 5.69 Å². The Hall–Kier alpha value is -2.06. The fraction of sp³-hybridized carbons (Fsp3) is 0.154. The van der Waals surface area contributed by atoms with Gasteiger partial charge >= 0.3 is 0 Å². The SMILES string of the molecule is Cc1cncc(NS(=O)(=O)c2ccc(F)c(CN)c2F)c1. The van der Waals surface area contributed by atoms with Crippen LogP contribution in [0.3, 0.4) is 0 Å².